The first kappa shape index (κ1) is 13.9. The van der Waals surface area contributed by atoms with Crippen LogP contribution in [-0.2, 0) is 12.0 Å². The summed E-state index contributed by atoms with van der Waals surface area (Å²) in [6.07, 6.45) is 2.14. The number of hydrogen-bond donors (Lipinski definition) is 0. The van der Waals surface area contributed by atoms with Gasteiger partial charge in [-0.2, -0.15) is 5.10 Å². The largest absolute Gasteiger partial charge is 0.267 e. The zero-order valence-electron chi connectivity index (χ0n) is 13.2. The molecule has 0 N–H and O–H groups in total. The van der Waals surface area contributed by atoms with Gasteiger partial charge in [0.2, 0.25) is 0 Å². The van der Waals surface area contributed by atoms with E-state index in [0.29, 0.717) is 0 Å². The molecule has 0 fully saturated rings. The van der Waals surface area contributed by atoms with Crippen molar-refractivity contribution >= 4 is 10.9 Å². The maximum atomic E-state index is 4.67. The summed E-state index contributed by atoms with van der Waals surface area (Å²) in [5.41, 5.74) is 5.16. The average molecular weight is 278 g/mol. The smallest absolute Gasteiger partial charge is 0.0923 e. The molecule has 0 bridgehead atoms. The van der Waals surface area contributed by atoms with E-state index in [4.69, 9.17) is 0 Å². The molecule has 2 heteroatoms. The number of hydrogen-bond acceptors (Lipinski definition) is 1. The van der Waals surface area contributed by atoms with Crippen LogP contribution in [0.4, 0.5) is 0 Å². The Kier molecular flexibility index (Phi) is 3.32. The molecule has 0 aliphatic rings. The van der Waals surface area contributed by atoms with E-state index in [1.165, 1.54) is 22.1 Å². The Balaban J connectivity index is 1.92. The van der Waals surface area contributed by atoms with Crippen molar-refractivity contribution in [3.63, 3.8) is 0 Å². The van der Waals surface area contributed by atoms with Gasteiger partial charge in [-0.25, -0.2) is 0 Å². The maximum absolute atomic E-state index is 4.67. The molecule has 0 saturated carbocycles. The van der Waals surface area contributed by atoms with E-state index in [9.17, 15) is 0 Å². The first-order valence-corrected chi connectivity index (χ1v) is 7.45. The molecule has 2 nitrogen and oxygen atoms in total. The fourth-order valence-corrected chi connectivity index (χ4v) is 2.50. The normalized spacial score (nSPS) is 12.0. The molecule has 0 saturated heterocycles. The summed E-state index contributed by atoms with van der Waals surface area (Å²) in [6.45, 7) is 9.65. The number of nitrogens with zero attached hydrogens (tertiary/aromatic N) is 2. The lowest BCUT2D eigenvalue weighted by Gasteiger charge is -2.18. The van der Waals surface area contributed by atoms with Crippen molar-refractivity contribution in [2.75, 3.05) is 0 Å². The zero-order valence-corrected chi connectivity index (χ0v) is 13.2. The fraction of sp³-hybridized carbons (Fsp3) is 0.316. The van der Waals surface area contributed by atoms with Crippen molar-refractivity contribution in [2.24, 2.45) is 0 Å². The molecule has 0 amide bonds. The molecule has 0 aliphatic heterocycles. The van der Waals surface area contributed by atoms with E-state index < -0.39 is 0 Å². The Morgan fingerprint density at radius 2 is 1.71 bits per heavy atom. The molecular formula is C19H22N2. The van der Waals surface area contributed by atoms with Gasteiger partial charge in [-0.3, -0.25) is 4.68 Å². The Morgan fingerprint density at radius 1 is 1.00 bits per heavy atom. The molecule has 1 heterocycles. The molecule has 1 aromatic heterocycles. The molecule has 0 aliphatic carbocycles. The Bertz CT molecular complexity index is 758. The Morgan fingerprint density at radius 3 is 2.38 bits per heavy atom. The zero-order chi connectivity index (χ0) is 15.0. The highest BCUT2D eigenvalue weighted by atomic mass is 15.3. The molecule has 0 atom stereocenters. The minimum absolute atomic E-state index is 0.174. The molecule has 0 spiro atoms. The van der Waals surface area contributed by atoms with E-state index in [0.717, 1.165) is 12.1 Å². The van der Waals surface area contributed by atoms with E-state index in [2.05, 4.69) is 81.5 Å². The van der Waals surface area contributed by atoms with Crippen molar-refractivity contribution in [3.8, 4) is 0 Å². The van der Waals surface area contributed by atoms with Crippen LogP contribution in [0.1, 0.15) is 37.5 Å². The summed E-state index contributed by atoms with van der Waals surface area (Å²) in [5.74, 6) is 0. The highest BCUT2D eigenvalue weighted by molar-refractivity contribution is 5.79. The van der Waals surface area contributed by atoms with Crippen molar-refractivity contribution in [1.29, 1.82) is 0 Å². The van der Waals surface area contributed by atoms with E-state index in [1.807, 2.05) is 4.68 Å². The van der Waals surface area contributed by atoms with Gasteiger partial charge in [-0.05, 0) is 35.6 Å². The van der Waals surface area contributed by atoms with Crippen LogP contribution in [0.25, 0.3) is 10.9 Å². The van der Waals surface area contributed by atoms with Gasteiger partial charge in [0.05, 0.1) is 12.1 Å². The summed E-state index contributed by atoms with van der Waals surface area (Å²) < 4.78 is 2.03. The maximum Gasteiger partial charge on any atom is 0.0923 e. The molecule has 3 rings (SSSR count). The van der Waals surface area contributed by atoms with Gasteiger partial charge < -0.3 is 0 Å². The van der Waals surface area contributed by atoms with Crippen LogP contribution >= 0.6 is 0 Å². The Hall–Kier alpha value is -2.09. The predicted octanol–water partition coefficient (Wildman–Crippen LogP) is 4.69. The van der Waals surface area contributed by atoms with Crippen molar-refractivity contribution in [2.45, 2.75) is 39.7 Å². The molecule has 0 unspecified atom stereocenters. The third kappa shape index (κ3) is 2.99. The minimum atomic E-state index is 0.174. The second-order valence-corrected chi connectivity index (χ2v) is 6.84. The van der Waals surface area contributed by atoms with E-state index in [1.54, 1.807) is 0 Å². The third-order valence-electron chi connectivity index (χ3n) is 3.88. The molecule has 108 valence electrons. The predicted molar refractivity (Wildman–Crippen MR) is 88.7 cm³/mol. The lowest BCUT2D eigenvalue weighted by atomic mass is 9.86. The van der Waals surface area contributed by atoms with Crippen molar-refractivity contribution in [3.05, 3.63) is 65.4 Å². The first-order valence-electron chi connectivity index (χ1n) is 7.45. The van der Waals surface area contributed by atoms with Gasteiger partial charge >= 0.3 is 0 Å². The topological polar surface area (TPSA) is 17.8 Å². The molecule has 21 heavy (non-hydrogen) atoms. The molecular weight excluding hydrogens is 256 g/mol. The molecule has 2 aromatic carbocycles. The minimum Gasteiger partial charge on any atom is -0.267 e. The molecule has 3 aromatic rings. The lowest BCUT2D eigenvalue weighted by Crippen LogP contribution is -2.10. The second-order valence-electron chi connectivity index (χ2n) is 6.84. The van der Waals surface area contributed by atoms with Gasteiger partial charge in [0, 0.05) is 11.6 Å². The van der Waals surface area contributed by atoms with Crippen LogP contribution in [0.15, 0.2) is 48.7 Å². The van der Waals surface area contributed by atoms with Crippen LogP contribution in [0.3, 0.4) is 0 Å². The summed E-state index contributed by atoms with van der Waals surface area (Å²) in [4.78, 5) is 0. The highest BCUT2D eigenvalue weighted by Crippen LogP contribution is 2.25. The van der Waals surface area contributed by atoms with Gasteiger partial charge in [-0.15, -0.1) is 0 Å². The van der Waals surface area contributed by atoms with Gasteiger partial charge in [-0.1, -0.05) is 56.7 Å². The Labute approximate surface area is 126 Å². The van der Waals surface area contributed by atoms with Gasteiger partial charge in [0.15, 0.2) is 0 Å². The number of aromatic nitrogens is 2. The van der Waals surface area contributed by atoms with E-state index >= 15 is 0 Å². The van der Waals surface area contributed by atoms with Crippen LogP contribution in [0.5, 0.6) is 0 Å². The van der Waals surface area contributed by atoms with Gasteiger partial charge in [0.1, 0.15) is 0 Å². The van der Waals surface area contributed by atoms with Crippen LogP contribution in [-0.4, -0.2) is 9.78 Å². The van der Waals surface area contributed by atoms with Crippen LogP contribution in [0, 0.1) is 6.92 Å². The number of rotatable bonds is 2. The SMILES string of the molecule is Cc1ccc(Cn2cc3cc(C(C)(C)C)ccc3n2)cc1. The molecule has 0 radical (unpaired) electrons. The number of benzene rings is 2. The summed E-state index contributed by atoms with van der Waals surface area (Å²) in [7, 11) is 0. The third-order valence-corrected chi connectivity index (χ3v) is 3.88. The summed E-state index contributed by atoms with van der Waals surface area (Å²) in [6, 6.07) is 15.2. The van der Waals surface area contributed by atoms with Crippen LogP contribution < -0.4 is 0 Å². The average Bonchev–Trinajstić information content (AvgIpc) is 2.81. The van der Waals surface area contributed by atoms with E-state index in [-0.39, 0.29) is 5.41 Å². The second kappa shape index (κ2) is 5.03. The lowest BCUT2D eigenvalue weighted by molar-refractivity contribution is 0.591. The van der Waals surface area contributed by atoms with Crippen molar-refractivity contribution < 1.29 is 0 Å². The first-order chi connectivity index (χ1) is 9.91. The van der Waals surface area contributed by atoms with Crippen LogP contribution in [0.2, 0.25) is 0 Å². The monoisotopic (exact) mass is 278 g/mol. The number of aryl methyl sites for hydroxylation is 1. The summed E-state index contributed by atoms with van der Waals surface area (Å²) >= 11 is 0. The summed E-state index contributed by atoms with van der Waals surface area (Å²) in [5, 5.41) is 5.89. The van der Waals surface area contributed by atoms with Crippen molar-refractivity contribution in [1.82, 2.24) is 9.78 Å². The number of fused-ring (bicyclic) bond motifs is 1. The standard InChI is InChI=1S/C19H22N2/c1-14-5-7-15(8-6-14)12-21-13-16-11-17(19(2,3)4)9-10-18(16)20-21/h5-11,13H,12H2,1-4H3. The fourth-order valence-electron chi connectivity index (χ4n) is 2.50. The van der Waals surface area contributed by atoms with Gasteiger partial charge in [0.25, 0.3) is 0 Å². The quantitative estimate of drug-likeness (QED) is 0.665. The highest BCUT2D eigenvalue weighted by Gasteiger charge is 2.14.